The second-order valence-corrected chi connectivity index (χ2v) is 4.72. The molecule has 1 N–H and O–H groups in total. The summed E-state index contributed by atoms with van der Waals surface area (Å²) < 4.78 is 24.9. The average Bonchev–Trinajstić information content (AvgIpc) is 2.66. The van der Waals surface area contributed by atoms with E-state index in [0.717, 1.165) is 4.09 Å². The molecule has 78 valence electrons. The van der Waals surface area contributed by atoms with Gasteiger partial charge in [0.15, 0.2) is 5.21 Å². The molecule has 6 nitrogen and oxygen atoms in total. The Morgan fingerprint density at radius 1 is 1.27 bits per heavy atom. The number of rotatable bonds is 2. The molecule has 0 amide bonds. The predicted octanol–water partition coefficient (Wildman–Crippen LogP) is -0.362. The van der Waals surface area contributed by atoms with Gasteiger partial charge < -0.3 is 0 Å². The first-order valence-electron chi connectivity index (χ1n) is 4.23. The fourth-order valence-corrected chi connectivity index (χ4v) is 2.41. The zero-order chi connectivity index (χ0) is 10.9. The fourth-order valence-electron chi connectivity index (χ4n) is 1.17. The van der Waals surface area contributed by atoms with Crippen LogP contribution >= 0.6 is 0 Å². The number of hydrogen-bond acceptors (Lipinski definition) is 4. The summed E-state index contributed by atoms with van der Waals surface area (Å²) in [5.41, 5.74) is 0. The fraction of sp³-hybridized carbons (Fsp3) is 0.125. The highest BCUT2D eigenvalue weighted by Gasteiger charge is 2.25. The molecule has 0 aliphatic rings. The quantitative estimate of drug-likeness (QED) is 0.708. The Morgan fingerprint density at radius 3 is 2.47 bits per heavy atom. The van der Waals surface area contributed by atoms with Crippen LogP contribution < -0.4 is 4.09 Å². The highest BCUT2D eigenvalue weighted by atomic mass is 32.2. The number of tetrazole rings is 1. The van der Waals surface area contributed by atoms with Crippen molar-refractivity contribution in [3.05, 3.63) is 36.2 Å². The number of benzene rings is 1. The number of hydrogen-bond donors (Lipinski definition) is 1. The minimum absolute atomic E-state index is 0.198. The van der Waals surface area contributed by atoms with Crippen molar-refractivity contribution in [2.24, 2.45) is 0 Å². The second kappa shape index (κ2) is 3.43. The maximum absolute atomic E-state index is 12.0. The van der Waals surface area contributed by atoms with Gasteiger partial charge in [-0.3, -0.25) is 0 Å². The zero-order valence-corrected chi connectivity index (χ0v) is 8.77. The van der Waals surface area contributed by atoms with E-state index in [-0.39, 0.29) is 4.90 Å². The molecule has 1 aromatic heterocycles. The van der Waals surface area contributed by atoms with Gasteiger partial charge in [0.05, 0.1) is 0 Å². The monoisotopic (exact) mass is 225 g/mol. The molecule has 0 unspecified atom stereocenters. The normalized spacial score (nSPS) is 11.5. The Morgan fingerprint density at radius 2 is 1.93 bits per heavy atom. The van der Waals surface area contributed by atoms with E-state index in [1.807, 2.05) is 0 Å². The van der Waals surface area contributed by atoms with Gasteiger partial charge in [0.2, 0.25) is 0 Å². The maximum atomic E-state index is 12.0. The molecule has 1 heterocycles. The van der Waals surface area contributed by atoms with Crippen molar-refractivity contribution in [1.29, 1.82) is 0 Å². The number of aromatic nitrogens is 4. The minimum Gasteiger partial charge on any atom is -0.184 e. The average molecular weight is 225 g/mol. The van der Waals surface area contributed by atoms with Gasteiger partial charge >= 0.3 is 15.8 Å². The van der Waals surface area contributed by atoms with E-state index in [1.165, 1.54) is 12.1 Å². The summed E-state index contributed by atoms with van der Waals surface area (Å²) in [6.07, 6.45) is 0. The molecular formula is C8H9N4O2S+. The third-order valence-corrected chi connectivity index (χ3v) is 3.60. The summed E-state index contributed by atoms with van der Waals surface area (Å²) in [5.74, 6) is 0.291. The topological polar surface area (TPSA) is 79.6 Å². The molecule has 0 radical (unpaired) electrons. The van der Waals surface area contributed by atoms with Crippen LogP contribution in [0.1, 0.15) is 5.82 Å². The van der Waals surface area contributed by atoms with Gasteiger partial charge in [-0.15, -0.1) is 0 Å². The van der Waals surface area contributed by atoms with Gasteiger partial charge in [-0.05, 0) is 16.2 Å². The number of aromatic amines is 1. The third kappa shape index (κ3) is 1.61. The molecule has 2 rings (SSSR count). The molecule has 15 heavy (non-hydrogen) atoms. The standard InChI is InChI=1S/C8H8N4O2S/c1-7-9-10-11-12(7)15(13,14)8-5-3-2-4-6-8/h2-6H,1H3/p+1. The highest BCUT2D eigenvalue weighted by Crippen LogP contribution is 2.06. The lowest BCUT2D eigenvalue weighted by Crippen LogP contribution is -2.46. The van der Waals surface area contributed by atoms with Gasteiger partial charge in [-0.1, -0.05) is 23.4 Å². The minimum atomic E-state index is -3.59. The highest BCUT2D eigenvalue weighted by molar-refractivity contribution is 7.85. The number of H-pyrrole nitrogens is 1. The Bertz CT molecular complexity index is 561. The molecule has 0 saturated carbocycles. The SMILES string of the molecule is Cc1nn[nH][n+]1S(=O)(=O)c1ccccc1. The van der Waals surface area contributed by atoms with Crippen LogP contribution in [0.15, 0.2) is 35.2 Å². The van der Waals surface area contributed by atoms with Crippen LogP contribution in [0.25, 0.3) is 0 Å². The lowest BCUT2D eigenvalue weighted by Gasteiger charge is -1.99. The van der Waals surface area contributed by atoms with Crippen molar-refractivity contribution < 1.29 is 12.5 Å². The van der Waals surface area contributed by atoms with Crippen LogP contribution in [0.2, 0.25) is 0 Å². The van der Waals surface area contributed by atoms with Crippen molar-refractivity contribution in [1.82, 2.24) is 15.5 Å². The Hall–Kier alpha value is -1.76. The van der Waals surface area contributed by atoms with Crippen molar-refractivity contribution in [2.45, 2.75) is 11.8 Å². The molecule has 0 spiro atoms. The van der Waals surface area contributed by atoms with E-state index < -0.39 is 10.0 Å². The zero-order valence-electron chi connectivity index (χ0n) is 7.95. The van der Waals surface area contributed by atoms with Crippen molar-refractivity contribution in [3.63, 3.8) is 0 Å². The first-order chi connectivity index (χ1) is 7.12. The largest absolute Gasteiger partial charge is 0.331 e. The number of aryl methyl sites for hydroxylation is 1. The van der Waals surface area contributed by atoms with Crippen molar-refractivity contribution in [3.8, 4) is 0 Å². The van der Waals surface area contributed by atoms with Crippen LogP contribution in [0.5, 0.6) is 0 Å². The van der Waals surface area contributed by atoms with Gasteiger partial charge in [0.1, 0.15) is 9.99 Å². The first kappa shape index (κ1) is 9.78. The van der Waals surface area contributed by atoms with E-state index >= 15 is 0 Å². The Kier molecular flexibility index (Phi) is 2.24. The van der Waals surface area contributed by atoms with E-state index in [4.69, 9.17) is 0 Å². The predicted molar refractivity (Wildman–Crippen MR) is 50.3 cm³/mol. The first-order valence-corrected chi connectivity index (χ1v) is 5.67. The van der Waals surface area contributed by atoms with E-state index in [0.29, 0.717) is 5.82 Å². The number of nitrogens with zero attached hydrogens (tertiary/aromatic N) is 3. The maximum Gasteiger partial charge on any atom is 0.331 e. The molecule has 2 aromatic rings. The summed E-state index contributed by atoms with van der Waals surface area (Å²) in [7, 11) is -3.59. The van der Waals surface area contributed by atoms with E-state index in [2.05, 4.69) is 15.5 Å². The van der Waals surface area contributed by atoms with Crippen LogP contribution in [-0.4, -0.2) is 23.9 Å². The summed E-state index contributed by atoms with van der Waals surface area (Å²) in [6.45, 7) is 1.56. The van der Waals surface area contributed by atoms with E-state index in [1.54, 1.807) is 25.1 Å². The molecule has 1 aromatic carbocycles. The summed E-state index contributed by atoms with van der Waals surface area (Å²) >= 11 is 0. The number of nitrogens with one attached hydrogen (secondary N) is 1. The second-order valence-electron chi connectivity index (χ2n) is 2.93. The summed E-state index contributed by atoms with van der Waals surface area (Å²) in [6, 6.07) is 8.10. The van der Waals surface area contributed by atoms with E-state index in [9.17, 15) is 8.42 Å². The lowest BCUT2D eigenvalue weighted by atomic mass is 10.4. The van der Waals surface area contributed by atoms with Crippen LogP contribution in [0, 0.1) is 6.92 Å². The van der Waals surface area contributed by atoms with Crippen molar-refractivity contribution >= 4 is 10.0 Å². The van der Waals surface area contributed by atoms with Crippen molar-refractivity contribution in [2.75, 3.05) is 0 Å². The molecule has 0 aliphatic carbocycles. The Labute approximate surface area is 86.6 Å². The summed E-state index contributed by atoms with van der Waals surface area (Å²) in [5, 5.41) is 9.32. The molecule has 0 atom stereocenters. The molecule has 7 heteroatoms. The van der Waals surface area contributed by atoms with Gasteiger partial charge in [-0.25, -0.2) is 0 Å². The third-order valence-electron chi connectivity index (χ3n) is 1.91. The van der Waals surface area contributed by atoms with Crippen LogP contribution in [-0.2, 0) is 10.0 Å². The molecule has 0 fully saturated rings. The molecule has 0 bridgehead atoms. The van der Waals surface area contributed by atoms with Gasteiger partial charge in [0, 0.05) is 6.92 Å². The van der Waals surface area contributed by atoms with Crippen LogP contribution in [0.4, 0.5) is 0 Å². The van der Waals surface area contributed by atoms with Gasteiger partial charge in [-0.2, -0.15) is 8.42 Å². The van der Waals surface area contributed by atoms with Gasteiger partial charge in [0.25, 0.3) is 0 Å². The van der Waals surface area contributed by atoms with Crippen LogP contribution in [0.3, 0.4) is 0 Å². The lowest BCUT2D eigenvalue weighted by molar-refractivity contribution is -0.587. The molecule has 0 aliphatic heterocycles. The Balaban J connectivity index is 2.60. The molecule has 0 saturated heterocycles. The smallest absolute Gasteiger partial charge is 0.184 e. The summed E-state index contributed by atoms with van der Waals surface area (Å²) in [4.78, 5) is 0.198. The molecular weight excluding hydrogens is 216 g/mol.